The number of fused-ring (bicyclic) bond motifs is 2. The predicted octanol–water partition coefficient (Wildman–Crippen LogP) is 5.23. The summed E-state index contributed by atoms with van der Waals surface area (Å²) in [6.07, 6.45) is 9.34. The van der Waals surface area contributed by atoms with E-state index in [4.69, 9.17) is 9.97 Å². The lowest BCUT2D eigenvalue weighted by atomic mass is 9.93. The molecular weight excluding hydrogens is 451 g/mol. The highest BCUT2D eigenvalue weighted by Gasteiger charge is 2.34. The van der Waals surface area contributed by atoms with E-state index < -0.39 is 6.17 Å². The number of aliphatic hydroxyl groups is 1. The molecule has 2 aromatic rings. The standard InChI is InChI=1S/C23H31N3O.C7H12FN/c1-3-22-24-21(13-18-11-10-17-8-4-5-9-19(17)18)20(15-27)23(25-22)26-12-6-7-16(2)14-26;8-6-4-7-2-1-3-9(7)5-6/h4-5,8-9,16,18,27H,3,6-7,10-15H2,1-2H3;6-7H,1-5H2. The number of hydrogen-bond acceptors (Lipinski definition) is 5. The number of benzene rings is 1. The summed E-state index contributed by atoms with van der Waals surface area (Å²) in [5.74, 6) is 3.06. The molecule has 3 fully saturated rings. The van der Waals surface area contributed by atoms with Crippen LogP contribution in [0.2, 0.25) is 0 Å². The summed E-state index contributed by atoms with van der Waals surface area (Å²) in [5.41, 5.74) is 4.94. The fourth-order valence-corrected chi connectivity index (χ4v) is 6.82. The van der Waals surface area contributed by atoms with Crippen molar-refractivity contribution in [3.05, 3.63) is 52.5 Å². The second-order valence-corrected chi connectivity index (χ2v) is 11.4. The van der Waals surface area contributed by atoms with E-state index in [-0.39, 0.29) is 6.61 Å². The molecule has 1 aromatic carbocycles. The van der Waals surface area contributed by atoms with Gasteiger partial charge in [0.05, 0.1) is 12.3 Å². The SMILES string of the molecule is CCc1nc(CC2CCc3ccccc32)c(CO)c(N2CCCC(C)C2)n1.FC1CC2CCCN2C1. The van der Waals surface area contributed by atoms with Crippen molar-refractivity contribution in [3.63, 3.8) is 0 Å². The molecule has 6 rings (SSSR count). The summed E-state index contributed by atoms with van der Waals surface area (Å²) < 4.78 is 12.6. The molecule has 4 aliphatic rings. The molecule has 4 unspecified atom stereocenters. The maximum absolute atomic E-state index is 12.6. The predicted molar refractivity (Wildman–Crippen MR) is 143 cm³/mol. The van der Waals surface area contributed by atoms with Crippen LogP contribution in [0.3, 0.4) is 0 Å². The molecule has 6 heteroatoms. The molecule has 0 spiro atoms. The van der Waals surface area contributed by atoms with Crippen LogP contribution in [0.1, 0.15) is 86.5 Å². The molecule has 1 N–H and O–H groups in total. The first-order valence-corrected chi connectivity index (χ1v) is 14.3. The van der Waals surface area contributed by atoms with Gasteiger partial charge in [-0.3, -0.25) is 4.90 Å². The van der Waals surface area contributed by atoms with Gasteiger partial charge in [-0.2, -0.15) is 0 Å². The summed E-state index contributed by atoms with van der Waals surface area (Å²) in [6, 6.07) is 9.40. The minimum atomic E-state index is -0.518. The number of nitrogens with zero attached hydrogens (tertiary/aromatic N) is 4. The van der Waals surface area contributed by atoms with Gasteiger partial charge in [0, 0.05) is 37.7 Å². The minimum absolute atomic E-state index is 0.0217. The lowest BCUT2D eigenvalue weighted by molar-refractivity contribution is 0.278. The first-order chi connectivity index (χ1) is 17.6. The van der Waals surface area contributed by atoms with Crippen LogP contribution in [0.4, 0.5) is 10.2 Å². The maximum atomic E-state index is 12.6. The highest BCUT2D eigenvalue weighted by molar-refractivity contribution is 5.50. The van der Waals surface area contributed by atoms with Crippen molar-refractivity contribution in [2.45, 2.75) is 96.4 Å². The van der Waals surface area contributed by atoms with Crippen LogP contribution in [0.15, 0.2) is 24.3 Å². The third-order valence-corrected chi connectivity index (χ3v) is 8.70. The van der Waals surface area contributed by atoms with E-state index >= 15 is 0 Å². The average Bonchev–Trinajstić information content (AvgIpc) is 3.59. The average molecular weight is 495 g/mol. The Hall–Kier alpha value is -2.05. The normalized spacial score (nSPS) is 27.5. The molecule has 196 valence electrons. The van der Waals surface area contributed by atoms with Crippen molar-refractivity contribution in [2.24, 2.45) is 5.92 Å². The van der Waals surface area contributed by atoms with Crippen LogP contribution in [0, 0.1) is 5.92 Å². The van der Waals surface area contributed by atoms with Gasteiger partial charge in [0.15, 0.2) is 0 Å². The minimum Gasteiger partial charge on any atom is -0.391 e. The zero-order chi connectivity index (χ0) is 25.1. The molecule has 4 heterocycles. The van der Waals surface area contributed by atoms with Crippen molar-refractivity contribution in [3.8, 4) is 0 Å². The first-order valence-electron chi connectivity index (χ1n) is 14.3. The summed E-state index contributed by atoms with van der Waals surface area (Å²) >= 11 is 0. The Morgan fingerprint density at radius 1 is 1.06 bits per heavy atom. The number of alkyl halides is 1. The number of aryl methyl sites for hydroxylation is 2. The van der Waals surface area contributed by atoms with Gasteiger partial charge in [0.1, 0.15) is 17.8 Å². The first kappa shape index (κ1) is 25.6. The monoisotopic (exact) mass is 494 g/mol. The number of hydrogen-bond donors (Lipinski definition) is 1. The molecule has 0 bridgehead atoms. The third kappa shape index (κ3) is 5.60. The van der Waals surface area contributed by atoms with E-state index in [0.29, 0.717) is 24.4 Å². The molecule has 4 atom stereocenters. The summed E-state index contributed by atoms with van der Waals surface area (Å²) in [6.45, 7) is 8.36. The molecule has 36 heavy (non-hydrogen) atoms. The molecule has 3 saturated heterocycles. The lowest BCUT2D eigenvalue weighted by Crippen LogP contribution is -2.36. The van der Waals surface area contributed by atoms with Gasteiger partial charge in [-0.15, -0.1) is 0 Å². The van der Waals surface area contributed by atoms with E-state index in [1.807, 2.05) is 0 Å². The molecule has 1 aromatic heterocycles. The van der Waals surface area contributed by atoms with Gasteiger partial charge in [-0.05, 0) is 80.9 Å². The number of rotatable bonds is 5. The number of aliphatic hydroxyl groups excluding tert-OH is 1. The summed E-state index contributed by atoms with van der Waals surface area (Å²) in [4.78, 5) is 14.4. The molecule has 0 saturated carbocycles. The van der Waals surface area contributed by atoms with E-state index in [0.717, 1.165) is 68.2 Å². The topological polar surface area (TPSA) is 52.5 Å². The Kier molecular flexibility index (Phi) is 8.22. The number of aromatic nitrogens is 2. The second kappa shape index (κ2) is 11.6. The number of halogens is 1. The van der Waals surface area contributed by atoms with Gasteiger partial charge in [0.2, 0.25) is 0 Å². The van der Waals surface area contributed by atoms with Crippen molar-refractivity contribution >= 4 is 5.82 Å². The van der Waals surface area contributed by atoms with Crippen LogP contribution >= 0.6 is 0 Å². The quantitative estimate of drug-likeness (QED) is 0.617. The van der Waals surface area contributed by atoms with Gasteiger partial charge >= 0.3 is 0 Å². The van der Waals surface area contributed by atoms with E-state index in [1.54, 1.807) is 0 Å². The van der Waals surface area contributed by atoms with Crippen molar-refractivity contribution in [1.82, 2.24) is 14.9 Å². The Bertz CT molecular complexity index is 1020. The highest BCUT2D eigenvalue weighted by Crippen LogP contribution is 2.37. The number of piperidine rings is 1. The molecule has 3 aliphatic heterocycles. The second-order valence-electron chi connectivity index (χ2n) is 11.4. The van der Waals surface area contributed by atoms with Crippen molar-refractivity contribution < 1.29 is 9.50 Å². The largest absolute Gasteiger partial charge is 0.391 e. The van der Waals surface area contributed by atoms with Crippen molar-refractivity contribution in [1.29, 1.82) is 0 Å². The molecule has 0 amide bonds. The summed E-state index contributed by atoms with van der Waals surface area (Å²) in [7, 11) is 0. The zero-order valence-electron chi connectivity index (χ0n) is 22.1. The Balaban J connectivity index is 0.000000247. The van der Waals surface area contributed by atoms with Crippen LogP contribution in [0.25, 0.3) is 0 Å². The Morgan fingerprint density at radius 3 is 2.67 bits per heavy atom. The van der Waals surface area contributed by atoms with Gasteiger partial charge in [-0.1, -0.05) is 38.1 Å². The van der Waals surface area contributed by atoms with Gasteiger partial charge < -0.3 is 10.0 Å². The van der Waals surface area contributed by atoms with Crippen LogP contribution < -0.4 is 4.90 Å². The fraction of sp³-hybridized carbons (Fsp3) is 0.667. The van der Waals surface area contributed by atoms with Crippen LogP contribution in [-0.4, -0.2) is 58.4 Å². The molecule has 1 aliphatic carbocycles. The van der Waals surface area contributed by atoms with E-state index in [1.165, 1.54) is 43.2 Å². The molecule has 5 nitrogen and oxygen atoms in total. The Morgan fingerprint density at radius 2 is 1.89 bits per heavy atom. The summed E-state index contributed by atoms with van der Waals surface area (Å²) in [5, 5.41) is 10.2. The maximum Gasteiger partial charge on any atom is 0.138 e. The van der Waals surface area contributed by atoms with Gasteiger partial charge in [-0.25, -0.2) is 14.4 Å². The van der Waals surface area contributed by atoms with Gasteiger partial charge in [0.25, 0.3) is 0 Å². The fourth-order valence-electron chi connectivity index (χ4n) is 6.82. The molecule has 0 radical (unpaired) electrons. The Labute approximate surface area is 216 Å². The van der Waals surface area contributed by atoms with E-state index in [2.05, 4.69) is 47.9 Å². The highest BCUT2D eigenvalue weighted by atomic mass is 19.1. The lowest BCUT2D eigenvalue weighted by Gasteiger charge is -2.33. The van der Waals surface area contributed by atoms with E-state index in [9.17, 15) is 9.50 Å². The third-order valence-electron chi connectivity index (χ3n) is 8.70. The van der Waals surface area contributed by atoms with Crippen LogP contribution in [0.5, 0.6) is 0 Å². The van der Waals surface area contributed by atoms with Crippen molar-refractivity contribution in [2.75, 3.05) is 31.1 Å². The zero-order valence-corrected chi connectivity index (χ0v) is 22.1. The smallest absolute Gasteiger partial charge is 0.138 e. The van der Waals surface area contributed by atoms with Crippen LogP contribution in [-0.2, 0) is 25.9 Å². The number of anilines is 1. The molecular formula is C30H43FN4O.